The molecule has 3 heterocycles. The third-order valence-corrected chi connectivity index (χ3v) is 8.71. The molecule has 1 amide bonds. The zero-order valence-corrected chi connectivity index (χ0v) is 18.0. The quantitative estimate of drug-likeness (QED) is 0.770. The Kier molecular flexibility index (Phi) is 4.57. The number of H-pyrrole nitrogens is 1. The van der Waals surface area contributed by atoms with Crippen molar-refractivity contribution in [1.82, 2.24) is 19.8 Å². The van der Waals surface area contributed by atoms with Crippen LogP contribution in [0.2, 0.25) is 0 Å². The predicted octanol–water partition coefficient (Wildman–Crippen LogP) is 2.72. The highest BCUT2D eigenvalue weighted by atomic mass is 32.1. The number of nitrogens with zero attached hydrogens (tertiary/aromatic N) is 3. The van der Waals surface area contributed by atoms with Crippen LogP contribution >= 0.6 is 11.3 Å². The van der Waals surface area contributed by atoms with E-state index in [1.165, 1.54) is 29.7 Å². The van der Waals surface area contributed by atoms with Crippen molar-refractivity contribution in [3.8, 4) is 0 Å². The normalized spacial score (nSPS) is 28.4. The molecule has 1 aliphatic heterocycles. The van der Waals surface area contributed by atoms with Crippen LogP contribution in [-0.4, -0.2) is 51.9 Å². The number of hydrogen-bond acceptors (Lipinski definition) is 5. The molecule has 4 aliphatic rings. The van der Waals surface area contributed by atoms with Gasteiger partial charge in [-0.05, 0) is 55.9 Å². The third kappa shape index (κ3) is 3.14. The van der Waals surface area contributed by atoms with E-state index in [9.17, 15) is 9.59 Å². The Morgan fingerprint density at radius 3 is 2.73 bits per heavy atom. The number of amides is 1. The van der Waals surface area contributed by atoms with Gasteiger partial charge in [-0.25, -0.2) is 4.98 Å². The number of fused-ring (bicyclic) bond motifs is 5. The maximum absolute atomic E-state index is 13.0. The van der Waals surface area contributed by atoms with E-state index < -0.39 is 0 Å². The Hall–Kier alpha value is -1.99. The monoisotopic (exact) mass is 424 g/mol. The lowest BCUT2D eigenvalue weighted by molar-refractivity contribution is -0.138. The second-order valence-corrected chi connectivity index (χ2v) is 10.5. The first-order valence-corrected chi connectivity index (χ1v) is 12.2. The molecule has 2 fully saturated rings. The van der Waals surface area contributed by atoms with Crippen molar-refractivity contribution in [2.45, 2.75) is 45.1 Å². The lowest BCUT2D eigenvalue weighted by Gasteiger charge is -2.36. The van der Waals surface area contributed by atoms with Crippen LogP contribution in [0.5, 0.6) is 0 Å². The standard InChI is InChI=1S/C23H28N4O2S/c28-21-20-16-3-1-2-4-18(16)30-22(20)25-19(24-21)13-26-7-9-27(10-8-26)23(29)17-12-14-5-6-15(17)11-14/h5-6,14-15,17H,1-4,7-13H2,(H,24,25,28). The molecule has 2 aromatic heterocycles. The minimum atomic E-state index is 0.0209. The van der Waals surface area contributed by atoms with Gasteiger partial charge in [0.25, 0.3) is 5.56 Å². The number of carbonyl (C=O) groups excluding carboxylic acids is 1. The molecule has 6 rings (SSSR count). The second kappa shape index (κ2) is 7.31. The summed E-state index contributed by atoms with van der Waals surface area (Å²) in [5, 5.41) is 0.828. The number of carbonyl (C=O) groups is 1. The SMILES string of the molecule is O=C(C1CC2C=CC1C2)N1CCN(Cc2nc3sc4c(c3c(=O)[nH]2)CCCC4)CC1. The summed E-state index contributed by atoms with van der Waals surface area (Å²) in [5.74, 6) is 2.41. The molecule has 30 heavy (non-hydrogen) atoms. The topological polar surface area (TPSA) is 69.3 Å². The fourth-order valence-electron chi connectivity index (χ4n) is 5.92. The fraction of sp³-hybridized carbons (Fsp3) is 0.609. The van der Waals surface area contributed by atoms with Crippen molar-refractivity contribution in [3.05, 3.63) is 38.8 Å². The Morgan fingerprint density at radius 1 is 1.13 bits per heavy atom. The number of aryl methyl sites for hydroxylation is 2. The number of nitrogens with one attached hydrogen (secondary N) is 1. The summed E-state index contributed by atoms with van der Waals surface area (Å²) in [5.41, 5.74) is 1.26. The van der Waals surface area contributed by atoms with Crippen molar-refractivity contribution in [2.24, 2.45) is 17.8 Å². The molecule has 0 radical (unpaired) electrons. The molecule has 7 heteroatoms. The number of allylic oxidation sites excluding steroid dienone is 2. The van der Waals surface area contributed by atoms with E-state index in [2.05, 4.69) is 26.9 Å². The van der Waals surface area contributed by atoms with E-state index in [-0.39, 0.29) is 11.5 Å². The van der Waals surface area contributed by atoms with Crippen LogP contribution in [0.1, 0.15) is 41.9 Å². The van der Waals surface area contributed by atoms with Crippen molar-refractivity contribution >= 4 is 27.5 Å². The van der Waals surface area contributed by atoms with E-state index >= 15 is 0 Å². The molecule has 2 bridgehead atoms. The van der Waals surface area contributed by atoms with Crippen molar-refractivity contribution in [1.29, 1.82) is 0 Å². The van der Waals surface area contributed by atoms with Gasteiger partial charge in [0.05, 0.1) is 11.9 Å². The van der Waals surface area contributed by atoms with Crippen LogP contribution < -0.4 is 5.56 Å². The summed E-state index contributed by atoms with van der Waals surface area (Å²) >= 11 is 1.71. The van der Waals surface area contributed by atoms with Gasteiger partial charge in [0, 0.05) is 37.0 Å². The van der Waals surface area contributed by atoms with Crippen molar-refractivity contribution < 1.29 is 4.79 Å². The van der Waals surface area contributed by atoms with E-state index in [4.69, 9.17) is 4.98 Å². The van der Waals surface area contributed by atoms with Gasteiger partial charge in [0.15, 0.2) is 0 Å². The molecule has 3 unspecified atom stereocenters. The van der Waals surface area contributed by atoms with Crippen molar-refractivity contribution in [3.63, 3.8) is 0 Å². The van der Waals surface area contributed by atoms with Crippen LogP contribution in [0.3, 0.4) is 0 Å². The van der Waals surface area contributed by atoms with E-state index in [1.54, 1.807) is 11.3 Å². The van der Waals surface area contributed by atoms with Gasteiger partial charge in [-0.2, -0.15) is 0 Å². The highest BCUT2D eigenvalue weighted by Crippen LogP contribution is 2.44. The summed E-state index contributed by atoms with van der Waals surface area (Å²) in [6.07, 6.45) is 11.2. The Labute approximate surface area is 180 Å². The Morgan fingerprint density at radius 2 is 1.97 bits per heavy atom. The zero-order valence-electron chi connectivity index (χ0n) is 17.2. The molecule has 1 saturated carbocycles. The summed E-state index contributed by atoms with van der Waals surface area (Å²) in [4.78, 5) is 40.2. The maximum Gasteiger partial charge on any atom is 0.259 e. The lowest BCUT2D eigenvalue weighted by atomic mass is 9.92. The van der Waals surface area contributed by atoms with E-state index in [0.717, 1.165) is 61.5 Å². The predicted molar refractivity (Wildman–Crippen MR) is 118 cm³/mol. The van der Waals surface area contributed by atoms with Crippen LogP contribution in [0.25, 0.3) is 10.2 Å². The molecule has 158 valence electrons. The number of thiophene rings is 1. The van der Waals surface area contributed by atoms with Gasteiger partial charge in [-0.1, -0.05) is 12.2 Å². The van der Waals surface area contributed by atoms with Crippen LogP contribution in [0, 0.1) is 17.8 Å². The van der Waals surface area contributed by atoms with E-state index in [1.807, 2.05) is 0 Å². The largest absolute Gasteiger partial charge is 0.340 e. The van der Waals surface area contributed by atoms with E-state index in [0.29, 0.717) is 24.3 Å². The molecular weight excluding hydrogens is 396 g/mol. The fourth-order valence-corrected chi connectivity index (χ4v) is 7.20. The van der Waals surface area contributed by atoms with Gasteiger partial charge in [-0.15, -0.1) is 11.3 Å². The first-order chi connectivity index (χ1) is 14.7. The van der Waals surface area contributed by atoms with Gasteiger partial charge in [0.1, 0.15) is 10.7 Å². The molecule has 2 aromatic rings. The molecule has 0 spiro atoms. The van der Waals surface area contributed by atoms with Gasteiger partial charge >= 0.3 is 0 Å². The highest BCUT2D eigenvalue weighted by Gasteiger charge is 2.41. The zero-order chi connectivity index (χ0) is 20.2. The number of piperazine rings is 1. The lowest BCUT2D eigenvalue weighted by Crippen LogP contribution is -2.50. The number of hydrogen-bond donors (Lipinski definition) is 1. The van der Waals surface area contributed by atoms with Gasteiger partial charge < -0.3 is 9.88 Å². The summed E-state index contributed by atoms with van der Waals surface area (Å²) in [6, 6.07) is 0. The second-order valence-electron chi connectivity index (χ2n) is 9.39. The first kappa shape index (κ1) is 18.8. The van der Waals surface area contributed by atoms with Crippen LogP contribution in [0.15, 0.2) is 16.9 Å². The summed E-state index contributed by atoms with van der Waals surface area (Å²) in [7, 11) is 0. The number of aromatic amines is 1. The minimum absolute atomic E-state index is 0.0209. The smallest absolute Gasteiger partial charge is 0.259 e. The molecule has 6 nitrogen and oxygen atoms in total. The first-order valence-electron chi connectivity index (χ1n) is 11.4. The summed E-state index contributed by atoms with van der Waals surface area (Å²) in [6.45, 7) is 3.87. The highest BCUT2D eigenvalue weighted by molar-refractivity contribution is 7.18. The minimum Gasteiger partial charge on any atom is -0.340 e. The van der Waals surface area contributed by atoms with Gasteiger partial charge in [0.2, 0.25) is 5.91 Å². The van der Waals surface area contributed by atoms with Crippen LogP contribution in [0.4, 0.5) is 0 Å². The molecule has 0 aromatic carbocycles. The molecule has 3 atom stereocenters. The number of aromatic nitrogens is 2. The molecule has 1 saturated heterocycles. The average Bonchev–Trinajstić information content (AvgIpc) is 3.47. The van der Waals surface area contributed by atoms with Gasteiger partial charge in [-0.3, -0.25) is 14.5 Å². The molecule has 1 N–H and O–H groups in total. The van der Waals surface area contributed by atoms with Crippen LogP contribution in [-0.2, 0) is 24.2 Å². The van der Waals surface area contributed by atoms with Crippen molar-refractivity contribution in [2.75, 3.05) is 26.2 Å². The average molecular weight is 425 g/mol. The number of rotatable bonds is 3. The Bertz CT molecular complexity index is 1080. The molecular formula is C23H28N4O2S. The summed E-state index contributed by atoms with van der Waals surface area (Å²) < 4.78 is 0. The molecule has 3 aliphatic carbocycles. The maximum atomic E-state index is 13.0. The third-order valence-electron chi connectivity index (χ3n) is 7.53. The Balaban J connectivity index is 1.12.